The maximum Gasteiger partial charge on any atom is 0.419 e. The molecule has 1 aliphatic heterocycles. The molecule has 21 heavy (non-hydrogen) atoms. The molecule has 0 amide bonds. The lowest BCUT2D eigenvalue weighted by molar-refractivity contribution is -0.137. The molecule has 0 spiro atoms. The lowest BCUT2D eigenvalue weighted by Crippen LogP contribution is -2.45. The zero-order chi connectivity index (χ0) is 15.5. The summed E-state index contributed by atoms with van der Waals surface area (Å²) in [7, 11) is 0. The minimum absolute atomic E-state index is 0.134. The number of halogens is 4. The number of aromatic nitrogens is 1. The van der Waals surface area contributed by atoms with E-state index >= 15 is 0 Å². The summed E-state index contributed by atoms with van der Waals surface area (Å²) >= 11 is 3.01. The molecule has 1 atom stereocenters. The van der Waals surface area contributed by atoms with Crippen LogP contribution in [0.3, 0.4) is 0 Å². The van der Waals surface area contributed by atoms with Gasteiger partial charge in [-0.3, -0.25) is 4.90 Å². The van der Waals surface area contributed by atoms with E-state index in [-0.39, 0.29) is 11.9 Å². The zero-order valence-corrected chi connectivity index (χ0v) is 13.2. The maximum absolute atomic E-state index is 13.0. The number of nitrogens with one attached hydrogen (secondary N) is 1. The summed E-state index contributed by atoms with van der Waals surface area (Å²) in [6.07, 6.45) is -3.23. The molecule has 0 radical (unpaired) electrons. The molecule has 0 aromatic carbocycles. The largest absolute Gasteiger partial charge is 0.419 e. The van der Waals surface area contributed by atoms with Gasteiger partial charge in [-0.2, -0.15) is 13.2 Å². The Morgan fingerprint density at radius 3 is 2.95 bits per heavy atom. The van der Waals surface area contributed by atoms with Gasteiger partial charge in [-0.05, 0) is 28.5 Å². The van der Waals surface area contributed by atoms with Gasteiger partial charge in [0.05, 0.1) is 18.3 Å². The molecule has 1 unspecified atom stereocenters. The van der Waals surface area contributed by atoms with Crippen molar-refractivity contribution in [1.29, 1.82) is 0 Å². The second-order valence-corrected chi connectivity index (χ2v) is 5.73. The molecule has 2 rings (SSSR count). The first-order chi connectivity index (χ1) is 9.90. The number of hydrogen-bond acceptors (Lipinski definition) is 4. The van der Waals surface area contributed by atoms with Gasteiger partial charge in [-0.25, -0.2) is 4.98 Å². The van der Waals surface area contributed by atoms with Crippen LogP contribution in [0, 0.1) is 0 Å². The topological polar surface area (TPSA) is 37.4 Å². The van der Waals surface area contributed by atoms with Crippen LogP contribution in [0.15, 0.2) is 16.7 Å². The molecule has 1 saturated heterocycles. The van der Waals surface area contributed by atoms with E-state index in [1.807, 2.05) is 6.92 Å². The zero-order valence-electron chi connectivity index (χ0n) is 11.6. The van der Waals surface area contributed by atoms with Crippen molar-refractivity contribution in [3.63, 3.8) is 0 Å². The van der Waals surface area contributed by atoms with Gasteiger partial charge in [0, 0.05) is 30.3 Å². The summed E-state index contributed by atoms with van der Waals surface area (Å²) in [5.74, 6) is -0.164. The fraction of sp³-hybridized carbons (Fsp3) is 0.615. The second-order valence-electron chi connectivity index (χ2n) is 4.81. The van der Waals surface area contributed by atoms with Gasteiger partial charge in [0.1, 0.15) is 5.82 Å². The summed E-state index contributed by atoms with van der Waals surface area (Å²) in [5.41, 5.74) is -0.778. The molecule has 1 N–H and O–H groups in total. The predicted molar refractivity (Wildman–Crippen MR) is 77.3 cm³/mol. The Balaban J connectivity index is 2.03. The van der Waals surface area contributed by atoms with Crippen molar-refractivity contribution in [3.8, 4) is 0 Å². The molecule has 0 bridgehead atoms. The van der Waals surface area contributed by atoms with Crippen LogP contribution >= 0.6 is 15.9 Å². The molecule has 118 valence electrons. The van der Waals surface area contributed by atoms with Crippen LogP contribution in [-0.4, -0.2) is 48.8 Å². The van der Waals surface area contributed by atoms with Crippen molar-refractivity contribution in [1.82, 2.24) is 9.88 Å². The first kappa shape index (κ1) is 16.5. The van der Waals surface area contributed by atoms with E-state index < -0.39 is 11.7 Å². The molecule has 1 aromatic rings. The SMILES string of the molecule is CCN1CCOC(CNc2ncc(Br)cc2C(F)(F)F)C1. The van der Waals surface area contributed by atoms with Gasteiger partial charge < -0.3 is 10.1 Å². The highest BCUT2D eigenvalue weighted by Gasteiger charge is 2.35. The van der Waals surface area contributed by atoms with E-state index in [4.69, 9.17) is 4.74 Å². The highest BCUT2D eigenvalue weighted by molar-refractivity contribution is 9.10. The third-order valence-electron chi connectivity index (χ3n) is 3.33. The number of likely N-dealkylation sites (N-methyl/N-ethyl adjacent to an activating group) is 1. The summed E-state index contributed by atoms with van der Waals surface area (Å²) in [6, 6.07) is 1.02. The second kappa shape index (κ2) is 6.93. The fourth-order valence-corrected chi connectivity index (χ4v) is 2.53. The number of pyridine rings is 1. The number of nitrogens with zero attached hydrogens (tertiary/aromatic N) is 2. The Kier molecular flexibility index (Phi) is 5.45. The predicted octanol–water partition coefficient (Wildman–Crippen LogP) is 3.00. The standard InChI is InChI=1S/C13H17BrF3N3O/c1-2-20-3-4-21-10(8-20)7-19-12-11(13(15,16)17)5-9(14)6-18-12/h5-6,10H,2-4,7-8H2,1H3,(H,18,19). The summed E-state index contributed by atoms with van der Waals surface area (Å²) < 4.78 is 44.8. The average molecular weight is 368 g/mol. The van der Waals surface area contributed by atoms with Crippen LogP contribution in [0.2, 0.25) is 0 Å². The normalized spacial score (nSPS) is 20.5. The Bertz CT molecular complexity index is 484. The first-order valence-corrected chi connectivity index (χ1v) is 7.50. The minimum Gasteiger partial charge on any atom is -0.374 e. The highest BCUT2D eigenvalue weighted by atomic mass is 79.9. The maximum atomic E-state index is 13.0. The van der Waals surface area contributed by atoms with Crippen LogP contribution in [0.4, 0.5) is 19.0 Å². The minimum atomic E-state index is -4.44. The van der Waals surface area contributed by atoms with E-state index in [0.717, 1.165) is 19.2 Å². The van der Waals surface area contributed by atoms with Gasteiger partial charge in [0.15, 0.2) is 0 Å². The Hall–Kier alpha value is -0.860. The van der Waals surface area contributed by atoms with E-state index in [9.17, 15) is 13.2 Å². The number of anilines is 1. The van der Waals surface area contributed by atoms with Gasteiger partial charge >= 0.3 is 6.18 Å². The Morgan fingerprint density at radius 1 is 1.52 bits per heavy atom. The van der Waals surface area contributed by atoms with Gasteiger partial charge in [-0.15, -0.1) is 0 Å². The van der Waals surface area contributed by atoms with Crippen LogP contribution in [0.25, 0.3) is 0 Å². The van der Waals surface area contributed by atoms with Crippen molar-refractivity contribution in [2.24, 2.45) is 0 Å². The van der Waals surface area contributed by atoms with Crippen LogP contribution in [0.1, 0.15) is 12.5 Å². The quantitative estimate of drug-likeness (QED) is 0.887. The Morgan fingerprint density at radius 2 is 2.29 bits per heavy atom. The monoisotopic (exact) mass is 367 g/mol. The molecule has 4 nitrogen and oxygen atoms in total. The van der Waals surface area contributed by atoms with Crippen molar-refractivity contribution in [3.05, 3.63) is 22.3 Å². The van der Waals surface area contributed by atoms with Crippen LogP contribution in [-0.2, 0) is 10.9 Å². The van der Waals surface area contributed by atoms with Crippen molar-refractivity contribution in [2.45, 2.75) is 19.2 Å². The molecule has 1 fully saturated rings. The van der Waals surface area contributed by atoms with Crippen molar-refractivity contribution in [2.75, 3.05) is 38.1 Å². The third kappa shape index (κ3) is 4.55. The van der Waals surface area contributed by atoms with E-state index in [1.165, 1.54) is 6.20 Å². The summed E-state index contributed by atoms with van der Waals surface area (Å²) in [6.45, 7) is 5.42. The summed E-state index contributed by atoms with van der Waals surface area (Å²) in [5, 5.41) is 2.76. The molecule has 8 heteroatoms. The van der Waals surface area contributed by atoms with Gasteiger partial charge in [0.2, 0.25) is 0 Å². The lowest BCUT2D eigenvalue weighted by Gasteiger charge is -2.32. The molecular weight excluding hydrogens is 351 g/mol. The summed E-state index contributed by atoms with van der Waals surface area (Å²) in [4.78, 5) is 6.03. The molecule has 0 aliphatic carbocycles. The third-order valence-corrected chi connectivity index (χ3v) is 3.76. The fourth-order valence-electron chi connectivity index (χ4n) is 2.20. The number of morpholine rings is 1. The number of rotatable bonds is 4. The molecule has 2 heterocycles. The van der Waals surface area contributed by atoms with E-state index in [0.29, 0.717) is 24.2 Å². The van der Waals surface area contributed by atoms with Crippen molar-refractivity contribution >= 4 is 21.7 Å². The van der Waals surface area contributed by atoms with Gasteiger partial charge in [0.25, 0.3) is 0 Å². The molecule has 1 aliphatic rings. The average Bonchev–Trinajstić information content (AvgIpc) is 2.45. The number of ether oxygens (including phenoxy) is 1. The molecular formula is C13H17BrF3N3O. The van der Waals surface area contributed by atoms with Crippen LogP contribution in [0.5, 0.6) is 0 Å². The Labute approximate surface area is 129 Å². The number of alkyl halides is 3. The lowest BCUT2D eigenvalue weighted by atomic mass is 10.2. The van der Waals surface area contributed by atoms with E-state index in [1.54, 1.807) is 0 Å². The molecule has 0 saturated carbocycles. The van der Waals surface area contributed by atoms with Crippen LogP contribution < -0.4 is 5.32 Å². The smallest absolute Gasteiger partial charge is 0.374 e. The highest BCUT2D eigenvalue weighted by Crippen LogP contribution is 2.35. The molecule has 1 aromatic heterocycles. The van der Waals surface area contributed by atoms with E-state index in [2.05, 4.69) is 31.1 Å². The van der Waals surface area contributed by atoms with Gasteiger partial charge in [-0.1, -0.05) is 6.92 Å². The van der Waals surface area contributed by atoms with Crippen molar-refractivity contribution < 1.29 is 17.9 Å². The number of hydrogen-bond donors (Lipinski definition) is 1. The first-order valence-electron chi connectivity index (χ1n) is 6.70.